The fourth-order valence-electron chi connectivity index (χ4n) is 2.97. The van der Waals surface area contributed by atoms with Crippen molar-refractivity contribution in [3.05, 3.63) is 65.9 Å². The van der Waals surface area contributed by atoms with E-state index in [-0.39, 0.29) is 18.5 Å². The number of hydrogen-bond acceptors (Lipinski definition) is 2. The Kier molecular flexibility index (Phi) is 4.94. The Bertz CT molecular complexity index is 823. The highest BCUT2D eigenvalue weighted by atomic mass is 16.2. The molecule has 3 aromatic rings. The highest BCUT2D eigenvalue weighted by Crippen LogP contribution is 2.17. The van der Waals surface area contributed by atoms with Gasteiger partial charge in [-0.2, -0.15) is 5.10 Å². The summed E-state index contributed by atoms with van der Waals surface area (Å²) in [5, 5.41) is 8.66. The summed E-state index contributed by atoms with van der Waals surface area (Å²) in [6, 6.07) is 18.5. The van der Waals surface area contributed by atoms with Crippen molar-refractivity contribution >= 4 is 16.8 Å². The topological polar surface area (TPSA) is 46.9 Å². The third-order valence-electron chi connectivity index (χ3n) is 4.25. The number of nitrogens with zero attached hydrogens (tertiary/aromatic N) is 2. The first kappa shape index (κ1) is 16.2. The second-order valence-corrected chi connectivity index (χ2v) is 6.25. The van der Waals surface area contributed by atoms with Crippen LogP contribution in [0.25, 0.3) is 10.9 Å². The van der Waals surface area contributed by atoms with Gasteiger partial charge in [0.25, 0.3) is 0 Å². The Hall–Kier alpha value is -2.62. The number of carbonyl (C=O) groups excluding carboxylic acids is 1. The third kappa shape index (κ3) is 3.82. The van der Waals surface area contributed by atoms with E-state index in [1.54, 1.807) is 4.68 Å². The number of amides is 1. The first-order valence-electron chi connectivity index (χ1n) is 8.39. The van der Waals surface area contributed by atoms with Crippen molar-refractivity contribution in [3.63, 3.8) is 0 Å². The summed E-state index contributed by atoms with van der Waals surface area (Å²) >= 11 is 0. The summed E-state index contributed by atoms with van der Waals surface area (Å²) in [6.07, 6.45) is 1.89. The van der Waals surface area contributed by atoms with Gasteiger partial charge in [-0.15, -0.1) is 0 Å². The zero-order valence-corrected chi connectivity index (χ0v) is 14.2. The Morgan fingerprint density at radius 3 is 2.62 bits per heavy atom. The summed E-state index contributed by atoms with van der Waals surface area (Å²) in [5.74, 6) is 0.00353. The molecule has 0 fully saturated rings. The van der Waals surface area contributed by atoms with Crippen LogP contribution in [0.4, 0.5) is 0 Å². The lowest BCUT2D eigenvalue weighted by Crippen LogP contribution is -2.35. The fraction of sp³-hybridized carbons (Fsp3) is 0.300. The van der Waals surface area contributed by atoms with Crippen LogP contribution in [0.5, 0.6) is 0 Å². The van der Waals surface area contributed by atoms with Crippen molar-refractivity contribution in [3.8, 4) is 0 Å². The van der Waals surface area contributed by atoms with Gasteiger partial charge in [0.2, 0.25) is 5.91 Å². The van der Waals surface area contributed by atoms with Crippen LogP contribution in [0.15, 0.2) is 54.6 Å². The molecule has 0 bridgehead atoms. The zero-order valence-electron chi connectivity index (χ0n) is 14.2. The molecule has 1 heterocycles. The summed E-state index contributed by atoms with van der Waals surface area (Å²) in [5.41, 5.74) is 3.25. The first-order valence-corrected chi connectivity index (χ1v) is 8.39. The van der Waals surface area contributed by atoms with Gasteiger partial charge in [-0.1, -0.05) is 48.5 Å². The molecule has 0 spiro atoms. The number of nitrogens with one attached hydrogen (secondary N) is 1. The molecular formula is C20H23N3O. The lowest BCUT2D eigenvalue weighted by atomic mass is 10.1. The van der Waals surface area contributed by atoms with Crippen molar-refractivity contribution in [1.29, 1.82) is 0 Å². The molecule has 0 saturated heterocycles. The lowest BCUT2D eigenvalue weighted by Gasteiger charge is -2.14. The third-order valence-corrected chi connectivity index (χ3v) is 4.25. The number of aromatic nitrogens is 2. The Morgan fingerprint density at radius 2 is 1.83 bits per heavy atom. The summed E-state index contributed by atoms with van der Waals surface area (Å²) in [4.78, 5) is 12.3. The summed E-state index contributed by atoms with van der Waals surface area (Å²) in [6.45, 7) is 4.27. The predicted octanol–water partition coefficient (Wildman–Crippen LogP) is 3.48. The van der Waals surface area contributed by atoms with Gasteiger partial charge in [-0.25, -0.2) is 0 Å². The second kappa shape index (κ2) is 7.30. The molecule has 0 saturated carbocycles. The minimum Gasteiger partial charge on any atom is -0.352 e. The maximum absolute atomic E-state index is 12.3. The molecule has 0 aliphatic rings. The molecule has 4 nitrogen and oxygen atoms in total. The van der Waals surface area contributed by atoms with E-state index in [1.165, 1.54) is 5.56 Å². The molecule has 1 atom stereocenters. The molecular weight excluding hydrogens is 298 g/mol. The minimum absolute atomic E-state index is 0.00353. The molecule has 4 heteroatoms. The number of benzene rings is 2. The van der Waals surface area contributed by atoms with Crippen molar-refractivity contribution in [2.45, 2.75) is 39.3 Å². The van der Waals surface area contributed by atoms with E-state index in [0.29, 0.717) is 0 Å². The van der Waals surface area contributed by atoms with Gasteiger partial charge in [0, 0.05) is 11.4 Å². The number of carbonyl (C=O) groups is 1. The van der Waals surface area contributed by atoms with Crippen molar-refractivity contribution in [2.75, 3.05) is 0 Å². The van der Waals surface area contributed by atoms with Crippen LogP contribution in [-0.4, -0.2) is 21.7 Å². The predicted molar refractivity (Wildman–Crippen MR) is 96.8 cm³/mol. The van der Waals surface area contributed by atoms with E-state index in [2.05, 4.69) is 22.5 Å². The van der Waals surface area contributed by atoms with E-state index in [9.17, 15) is 4.79 Å². The SMILES string of the molecule is Cc1nn(CC(=O)N[C@@H](C)CCc2ccccc2)c2ccccc12. The van der Waals surface area contributed by atoms with E-state index >= 15 is 0 Å². The molecule has 0 unspecified atom stereocenters. The molecule has 1 amide bonds. The van der Waals surface area contributed by atoms with E-state index in [4.69, 9.17) is 0 Å². The fourth-order valence-corrected chi connectivity index (χ4v) is 2.97. The zero-order chi connectivity index (χ0) is 16.9. The average Bonchev–Trinajstić information content (AvgIpc) is 2.90. The van der Waals surface area contributed by atoms with Crippen LogP contribution in [0.2, 0.25) is 0 Å². The van der Waals surface area contributed by atoms with Crippen LogP contribution in [0, 0.1) is 6.92 Å². The molecule has 0 radical (unpaired) electrons. The molecule has 0 aliphatic carbocycles. The van der Waals surface area contributed by atoms with Gasteiger partial charge in [-0.3, -0.25) is 9.48 Å². The number of fused-ring (bicyclic) bond motifs is 1. The van der Waals surface area contributed by atoms with Crippen LogP contribution in [-0.2, 0) is 17.8 Å². The van der Waals surface area contributed by atoms with E-state index in [1.807, 2.05) is 56.3 Å². The van der Waals surface area contributed by atoms with Crippen LogP contribution in [0.1, 0.15) is 24.6 Å². The summed E-state index contributed by atoms with van der Waals surface area (Å²) in [7, 11) is 0. The molecule has 1 N–H and O–H groups in total. The number of rotatable bonds is 6. The quantitative estimate of drug-likeness (QED) is 0.755. The number of para-hydroxylation sites is 1. The maximum Gasteiger partial charge on any atom is 0.241 e. The van der Waals surface area contributed by atoms with Gasteiger partial charge < -0.3 is 5.32 Å². The number of aryl methyl sites for hydroxylation is 2. The Labute approximate surface area is 142 Å². The van der Waals surface area contributed by atoms with Gasteiger partial charge in [0.15, 0.2) is 0 Å². The lowest BCUT2D eigenvalue weighted by molar-refractivity contribution is -0.122. The highest BCUT2D eigenvalue weighted by Gasteiger charge is 2.12. The molecule has 24 heavy (non-hydrogen) atoms. The molecule has 0 aliphatic heterocycles. The standard InChI is InChI=1S/C20H23N3O/c1-15(12-13-17-8-4-3-5-9-17)21-20(24)14-23-19-11-7-6-10-18(19)16(2)22-23/h3-11,15H,12-14H2,1-2H3,(H,21,24)/t15-/m0/s1. The van der Waals surface area contributed by atoms with E-state index < -0.39 is 0 Å². The smallest absolute Gasteiger partial charge is 0.241 e. The molecule has 2 aromatic carbocycles. The molecule has 1 aromatic heterocycles. The van der Waals surface area contributed by atoms with Crippen molar-refractivity contribution in [2.24, 2.45) is 0 Å². The van der Waals surface area contributed by atoms with Gasteiger partial charge in [-0.05, 0) is 38.3 Å². The Morgan fingerprint density at radius 1 is 1.12 bits per heavy atom. The van der Waals surface area contributed by atoms with Gasteiger partial charge in [0.05, 0.1) is 11.2 Å². The average molecular weight is 321 g/mol. The number of hydrogen-bond donors (Lipinski definition) is 1. The minimum atomic E-state index is 0.00353. The normalized spacial score (nSPS) is 12.2. The maximum atomic E-state index is 12.3. The monoisotopic (exact) mass is 321 g/mol. The molecule has 3 rings (SSSR count). The van der Waals surface area contributed by atoms with E-state index in [0.717, 1.165) is 29.4 Å². The Balaban J connectivity index is 1.56. The van der Waals surface area contributed by atoms with Crippen LogP contribution in [0.3, 0.4) is 0 Å². The summed E-state index contributed by atoms with van der Waals surface area (Å²) < 4.78 is 1.78. The van der Waals surface area contributed by atoms with Crippen molar-refractivity contribution < 1.29 is 4.79 Å². The highest BCUT2D eigenvalue weighted by molar-refractivity contribution is 5.84. The van der Waals surface area contributed by atoms with Gasteiger partial charge in [0.1, 0.15) is 6.54 Å². The van der Waals surface area contributed by atoms with Crippen molar-refractivity contribution in [1.82, 2.24) is 15.1 Å². The van der Waals surface area contributed by atoms with Gasteiger partial charge >= 0.3 is 0 Å². The van der Waals surface area contributed by atoms with Crippen LogP contribution >= 0.6 is 0 Å². The largest absolute Gasteiger partial charge is 0.352 e. The molecule has 124 valence electrons. The first-order chi connectivity index (χ1) is 11.6. The van der Waals surface area contributed by atoms with Crippen LogP contribution < -0.4 is 5.32 Å². The second-order valence-electron chi connectivity index (χ2n) is 6.25.